The topological polar surface area (TPSA) is 53.9 Å². The van der Waals surface area contributed by atoms with E-state index in [9.17, 15) is 8.78 Å². The second-order valence-electron chi connectivity index (χ2n) is 6.80. The summed E-state index contributed by atoms with van der Waals surface area (Å²) >= 11 is 5.08. The van der Waals surface area contributed by atoms with Crippen LogP contribution in [0.5, 0.6) is 0 Å². The summed E-state index contributed by atoms with van der Waals surface area (Å²) in [5, 5.41) is 4.98. The quantitative estimate of drug-likeness (QED) is 0.521. The van der Waals surface area contributed by atoms with E-state index in [4.69, 9.17) is 4.98 Å². The van der Waals surface area contributed by atoms with E-state index in [1.807, 2.05) is 13.0 Å². The minimum Gasteiger partial charge on any atom is -0.364 e. The third kappa shape index (κ3) is 4.10. The Bertz CT molecular complexity index is 988. The third-order valence-electron chi connectivity index (χ3n) is 4.79. The predicted octanol–water partition coefficient (Wildman–Crippen LogP) is 5.70. The number of hydrogen-bond acceptors (Lipinski definition) is 6. The minimum absolute atomic E-state index is 0.411. The van der Waals surface area contributed by atoms with Gasteiger partial charge in [0.15, 0.2) is 11.0 Å². The molecule has 1 aromatic carbocycles. The summed E-state index contributed by atoms with van der Waals surface area (Å²) in [6, 6.07) is 5.34. The molecule has 0 radical (unpaired) electrons. The number of rotatable bonds is 5. The molecule has 28 heavy (non-hydrogen) atoms. The standard InChI is InChI=1S/C19H20BrF2N5S/c1-11-15(28-19(24-11)27-7-3-2-4-8-27)10-23-17-13-9-12(20)5-6-14(13)25-18(26-17)16(21)22/h5-6,9,16H,2-4,7-8,10H2,1H3,(H,23,25,26). The van der Waals surface area contributed by atoms with Gasteiger partial charge in [0.25, 0.3) is 6.43 Å². The average Bonchev–Trinajstić information content (AvgIpc) is 3.07. The van der Waals surface area contributed by atoms with Gasteiger partial charge in [-0.1, -0.05) is 27.3 Å². The molecule has 0 saturated carbocycles. The molecule has 3 aromatic rings. The van der Waals surface area contributed by atoms with E-state index in [1.165, 1.54) is 19.3 Å². The maximum atomic E-state index is 13.2. The Hall–Kier alpha value is -1.87. The minimum atomic E-state index is -2.72. The van der Waals surface area contributed by atoms with Crippen molar-refractivity contribution in [3.63, 3.8) is 0 Å². The van der Waals surface area contributed by atoms with E-state index in [2.05, 4.69) is 36.1 Å². The number of fused-ring (bicyclic) bond motifs is 1. The first kappa shape index (κ1) is 19.4. The van der Waals surface area contributed by atoms with Crippen molar-refractivity contribution in [1.82, 2.24) is 15.0 Å². The monoisotopic (exact) mass is 467 g/mol. The summed E-state index contributed by atoms with van der Waals surface area (Å²) in [6.45, 7) is 4.56. The predicted molar refractivity (Wildman–Crippen MR) is 112 cm³/mol. The summed E-state index contributed by atoms with van der Waals surface area (Å²) in [5.41, 5.74) is 1.46. The summed E-state index contributed by atoms with van der Waals surface area (Å²) in [5.74, 6) is -0.0544. The first-order valence-corrected chi connectivity index (χ1v) is 10.8. The molecule has 3 heterocycles. The normalized spacial score (nSPS) is 14.8. The molecule has 2 aromatic heterocycles. The van der Waals surface area contributed by atoms with Gasteiger partial charge in [0.05, 0.1) is 17.8 Å². The second-order valence-corrected chi connectivity index (χ2v) is 8.78. The molecule has 0 unspecified atom stereocenters. The van der Waals surface area contributed by atoms with Crippen molar-refractivity contribution in [3.8, 4) is 0 Å². The van der Waals surface area contributed by atoms with Crippen molar-refractivity contribution in [1.29, 1.82) is 0 Å². The fourth-order valence-electron chi connectivity index (χ4n) is 3.31. The van der Waals surface area contributed by atoms with Crippen molar-refractivity contribution in [2.75, 3.05) is 23.3 Å². The highest BCUT2D eigenvalue weighted by Gasteiger charge is 2.18. The van der Waals surface area contributed by atoms with Crippen LogP contribution in [-0.2, 0) is 6.54 Å². The zero-order valence-electron chi connectivity index (χ0n) is 15.4. The van der Waals surface area contributed by atoms with Crippen LogP contribution in [0, 0.1) is 6.92 Å². The molecule has 1 fully saturated rings. The summed E-state index contributed by atoms with van der Waals surface area (Å²) in [4.78, 5) is 16.2. The van der Waals surface area contributed by atoms with Gasteiger partial charge in [-0.25, -0.2) is 23.7 Å². The van der Waals surface area contributed by atoms with Crippen LogP contribution < -0.4 is 10.2 Å². The molecule has 4 rings (SSSR count). The summed E-state index contributed by atoms with van der Waals surface area (Å²) in [6.07, 6.45) is 0.955. The van der Waals surface area contributed by atoms with Crippen LogP contribution in [0.25, 0.3) is 10.9 Å². The summed E-state index contributed by atoms with van der Waals surface area (Å²) < 4.78 is 27.3. The van der Waals surface area contributed by atoms with Gasteiger partial charge >= 0.3 is 0 Å². The molecule has 1 N–H and O–H groups in total. The van der Waals surface area contributed by atoms with Crippen molar-refractivity contribution in [3.05, 3.63) is 39.1 Å². The van der Waals surface area contributed by atoms with Crippen molar-refractivity contribution in [2.24, 2.45) is 0 Å². The first-order valence-electron chi connectivity index (χ1n) is 9.22. The number of anilines is 2. The Balaban J connectivity index is 1.60. The molecule has 0 aliphatic carbocycles. The highest BCUT2D eigenvalue weighted by Crippen LogP contribution is 2.31. The van der Waals surface area contributed by atoms with E-state index in [1.54, 1.807) is 23.5 Å². The van der Waals surface area contributed by atoms with Crippen LogP contribution in [0.3, 0.4) is 0 Å². The van der Waals surface area contributed by atoms with Crippen LogP contribution in [0.15, 0.2) is 22.7 Å². The molecule has 1 aliphatic rings. The zero-order chi connectivity index (χ0) is 19.7. The Morgan fingerprint density at radius 2 is 1.96 bits per heavy atom. The fourth-order valence-corrected chi connectivity index (χ4v) is 4.73. The molecule has 0 spiro atoms. The van der Waals surface area contributed by atoms with Crippen molar-refractivity contribution < 1.29 is 8.78 Å². The van der Waals surface area contributed by atoms with E-state index >= 15 is 0 Å². The third-order valence-corrected chi connectivity index (χ3v) is 6.51. The molecular formula is C19H20BrF2N5S. The van der Waals surface area contributed by atoms with E-state index in [0.29, 0.717) is 23.3 Å². The lowest BCUT2D eigenvalue weighted by atomic mass is 10.1. The van der Waals surface area contributed by atoms with Crippen LogP contribution >= 0.6 is 27.3 Å². The Morgan fingerprint density at radius 1 is 1.18 bits per heavy atom. The van der Waals surface area contributed by atoms with Gasteiger partial charge in [-0.3, -0.25) is 0 Å². The largest absolute Gasteiger partial charge is 0.364 e. The molecule has 0 bridgehead atoms. The molecule has 1 saturated heterocycles. The molecule has 0 atom stereocenters. The highest BCUT2D eigenvalue weighted by atomic mass is 79.9. The van der Waals surface area contributed by atoms with Gasteiger partial charge in [-0.2, -0.15) is 0 Å². The lowest BCUT2D eigenvalue weighted by Crippen LogP contribution is -2.29. The van der Waals surface area contributed by atoms with Gasteiger partial charge in [0.1, 0.15) is 5.82 Å². The van der Waals surface area contributed by atoms with Gasteiger partial charge in [-0.05, 0) is 44.4 Å². The zero-order valence-corrected chi connectivity index (χ0v) is 17.8. The molecule has 1 aliphatic heterocycles. The maximum absolute atomic E-state index is 13.2. The van der Waals surface area contributed by atoms with E-state index in [-0.39, 0.29) is 0 Å². The number of alkyl halides is 2. The molecule has 9 heteroatoms. The lowest BCUT2D eigenvalue weighted by Gasteiger charge is -2.25. The number of hydrogen-bond donors (Lipinski definition) is 1. The number of nitrogens with one attached hydrogen (secondary N) is 1. The smallest absolute Gasteiger partial charge is 0.297 e. The number of benzene rings is 1. The van der Waals surface area contributed by atoms with E-state index in [0.717, 1.165) is 33.3 Å². The van der Waals surface area contributed by atoms with Crippen molar-refractivity contribution >= 4 is 49.1 Å². The van der Waals surface area contributed by atoms with Gasteiger partial charge in [0, 0.05) is 27.8 Å². The Kier molecular flexibility index (Phi) is 5.73. The number of aryl methyl sites for hydroxylation is 1. The van der Waals surface area contributed by atoms with Gasteiger partial charge in [-0.15, -0.1) is 0 Å². The fraction of sp³-hybridized carbons (Fsp3) is 0.421. The number of nitrogens with zero attached hydrogens (tertiary/aromatic N) is 4. The van der Waals surface area contributed by atoms with Gasteiger partial charge in [0.2, 0.25) is 0 Å². The van der Waals surface area contributed by atoms with Gasteiger partial charge < -0.3 is 10.2 Å². The molecule has 148 valence electrons. The van der Waals surface area contributed by atoms with Crippen LogP contribution in [0.1, 0.15) is 42.1 Å². The molecule has 0 amide bonds. The van der Waals surface area contributed by atoms with E-state index < -0.39 is 12.2 Å². The number of piperidine rings is 1. The van der Waals surface area contributed by atoms with Crippen LogP contribution in [-0.4, -0.2) is 28.0 Å². The second kappa shape index (κ2) is 8.24. The molecular weight excluding hydrogens is 448 g/mol. The first-order chi connectivity index (χ1) is 13.5. The SMILES string of the molecule is Cc1nc(N2CCCCC2)sc1CNc1nc(C(F)F)nc2ccc(Br)cc12. The number of thiazole rings is 1. The average molecular weight is 468 g/mol. The van der Waals surface area contributed by atoms with Crippen molar-refractivity contribution in [2.45, 2.75) is 39.2 Å². The number of aromatic nitrogens is 3. The van der Waals surface area contributed by atoms with Crippen LogP contribution in [0.2, 0.25) is 0 Å². The Labute approximate surface area is 174 Å². The lowest BCUT2D eigenvalue weighted by molar-refractivity contribution is 0.141. The molecule has 5 nitrogen and oxygen atoms in total. The Morgan fingerprint density at radius 3 is 2.71 bits per heavy atom. The summed E-state index contributed by atoms with van der Waals surface area (Å²) in [7, 11) is 0. The highest BCUT2D eigenvalue weighted by molar-refractivity contribution is 9.10. The maximum Gasteiger partial charge on any atom is 0.297 e. The van der Waals surface area contributed by atoms with Crippen LogP contribution in [0.4, 0.5) is 19.7 Å². The number of halogens is 3.